The monoisotopic (exact) mass is 347 g/mol. The van der Waals surface area contributed by atoms with Crippen molar-refractivity contribution in [3.05, 3.63) is 33.3 Å². The Bertz CT molecular complexity index is 439. The molecule has 1 aromatic rings. The van der Waals surface area contributed by atoms with E-state index in [1.807, 2.05) is 13.0 Å². The Balaban J connectivity index is 3.07. The van der Waals surface area contributed by atoms with Crippen LogP contribution >= 0.6 is 27.5 Å². The van der Waals surface area contributed by atoms with Crippen molar-refractivity contribution in [2.75, 3.05) is 6.61 Å². The van der Waals surface area contributed by atoms with Crippen LogP contribution in [0.3, 0.4) is 0 Å². The fourth-order valence-electron chi connectivity index (χ4n) is 1.65. The minimum atomic E-state index is -0.511. The summed E-state index contributed by atoms with van der Waals surface area (Å²) < 4.78 is 5.97. The average molecular weight is 349 g/mol. The number of carbonyl (C=O) groups excluding carboxylic acids is 1. The van der Waals surface area contributed by atoms with Crippen molar-refractivity contribution < 1.29 is 9.53 Å². The van der Waals surface area contributed by atoms with Crippen LogP contribution in [0.15, 0.2) is 22.7 Å². The van der Waals surface area contributed by atoms with Gasteiger partial charge in [0.15, 0.2) is 0 Å². The van der Waals surface area contributed by atoms with Crippen LogP contribution in [0, 0.1) is 0 Å². The molecule has 0 bridgehead atoms. The Kier molecular flexibility index (Phi) is 6.83. The lowest BCUT2D eigenvalue weighted by molar-refractivity contribution is -0.146. The van der Waals surface area contributed by atoms with E-state index >= 15 is 0 Å². The van der Waals surface area contributed by atoms with E-state index in [0.717, 1.165) is 16.5 Å². The summed E-state index contributed by atoms with van der Waals surface area (Å²) in [5, 5.41) is 3.87. The van der Waals surface area contributed by atoms with Gasteiger partial charge < -0.3 is 4.74 Å². The molecule has 2 atom stereocenters. The zero-order valence-electron chi connectivity index (χ0n) is 11.4. The van der Waals surface area contributed by atoms with E-state index in [9.17, 15) is 4.79 Å². The number of hydrogen-bond donors (Lipinski definition) is 1. The third-order valence-corrected chi connectivity index (χ3v) is 3.81. The summed E-state index contributed by atoms with van der Waals surface area (Å²) in [6.45, 7) is 6.25. The molecule has 0 spiro atoms. The van der Waals surface area contributed by atoms with Crippen molar-refractivity contribution in [3.63, 3.8) is 0 Å². The molecule has 0 radical (unpaired) electrons. The second-order valence-corrected chi connectivity index (χ2v) is 5.62. The van der Waals surface area contributed by atoms with Gasteiger partial charge in [0.05, 0.1) is 6.61 Å². The van der Waals surface area contributed by atoms with Crippen molar-refractivity contribution in [2.24, 2.45) is 0 Å². The third-order valence-electron chi connectivity index (χ3n) is 2.85. The van der Waals surface area contributed by atoms with Gasteiger partial charge in [0, 0.05) is 15.5 Å². The van der Waals surface area contributed by atoms with Gasteiger partial charge in [-0.3, -0.25) is 5.32 Å². The Hall–Kier alpha value is -0.580. The Labute approximate surface area is 127 Å². The van der Waals surface area contributed by atoms with Gasteiger partial charge in [-0.25, -0.2) is 4.79 Å². The molecule has 0 aromatic heterocycles. The molecule has 1 rings (SSSR count). The molecular formula is C14H19BrClNO2. The first-order valence-corrected chi connectivity index (χ1v) is 7.54. The first-order valence-electron chi connectivity index (χ1n) is 6.37. The highest BCUT2D eigenvalue weighted by atomic mass is 79.9. The smallest absolute Gasteiger partial charge is 0.327 e. The predicted molar refractivity (Wildman–Crippen MR) is 81.4 cm³/mol. The summed E-state index contributed by atoms with van der Waals surface area (Å²) in [4.78, 5) is 12.1. The number of nitrogens with one attached hydrogen (secondary N) is 1. The Morgan fingerprint density at radius 3 is 2.74 bits per heavy atom. The average Bonchev–Trinajstić information content (AvgIpc) is 2.39. The molecule has 1 N–H and O–H groups in total. The van der Waals surface area contributed by atoms with Crippen LogP contribution in [0.2, 0.25) is 5.02 Å². The molecule has 0 heterocycles. The van der Waals surface area contributed by atoms with Crippen LogP contribution < -0.4 is 5.32 Å². The summed E-state index contributed by atoms with van der Waals surface area (Å²) in [7, 11) is 0. The molecule has 106 valence electrons. The van der Waals surface area contributed by atoms with Gasteiger partial charge in [-0.2, -0.15) is 0 Å². The van der Waals surface area contributed by atoms with Crippen molar-refractivity contribution in [1.29, 1.82) is 0 Å². The van der Waals surface area contributed by atoms with Crippen molar-refractivity contribution in [1.82, 2.24) is 5.32 Å². The standard InChI is InChI=1S/C14H19BrClNO2/c1-4-9(3)17-13(14(18)19-5-2)11-8-10(16)6-7-12(11)15/h6-9,13,17H,4-5H2,1-3H3. The first-order chi connectivity index (χ1) is 8.99. The topological polar surface area (TPSA) is 38.3 Å². The van der Waals surface area contributed by atoms with Gasteiger partial charge in [0.25, 0.3) is 0 Å². The molecule has 0 saturated heterocycles. The number of rotatable bonds is 6. The molecule has 19 heavy (non-hydrogen) atoms. The maximum absolute atomic E-state index is 12.1. The van der Waals surface area contributed by atoms with Crippen molar-refractivity contribution in [2.45, 2.75) is 39.3 Å². The summed E-state index contributed by atoms with van der Waals surface area (Å²) in [6, 6.07) is 5.09. The van der Waals surface area contributed by atoms with E-state index in [1.165, 1.54) is 0 Å². The van der Waals surface area contributed by atoms with Gasteiger partial charge in [-0.15, -0.1) is 0 Å². The van der Waals surface area contributed by atoms with Crippen LogP contribution in [-0.4, -0.2) is 18.6 Å². The minimum absolute atomic E-state index is 0.209. The number of ether oxygens (including phenoxy) is 1. The zero-order valence-corrected chi connectivity index (χ0v) is 13.7. The number of hydrogen-bond acceptors (Lipinski definition) is 3. The fraction of sp³-hybridized carbons (Fsp3) is 0.500. The lowest BCUT2D eigenvalue weighted by Crippen LogP contribution is -2.36. The quantitative estimate of drug-likeness (QED) is 0.787. The normalized spacial score (nSPS) is 13.9. The van der Waals surface area contributed by atoms with Gasteiger partial charge in [0.1, 0.15) is 6.04 Å². The van der Waals surface area contributed by atoms with E-state index in [2.05, 4.69) is 28.2 Å². The maximum atomic E-state index is 12.1. The van der Waals surface area contributed by atoms with Gasteiger partial charge in [0.2, 0.25) is 0 Å². The fourth-order valence-corrected chi connectivity index (χ4v) is 2.30. The van der Waals surface area contributed by atoms with E-state index in [1.54, 1.807) is 19.1 Å². The molecule has 5 heteroatoms. The molecular weight excluding hydrogens is 330 g/mol. The van der Waals surface area contributed by atoms with Crippen LogP contribution in [0.4, 0.5) is 0 Å². The van der Waals surface area contributed by atoms with E-state index in [4.69, 9.17) is 16.3 Å². The summed E-state index contributed by atoms with van der Waals surface area (Å²) >= 11 is 9.47. The Morgan fingerprint density at radius 1 is 1.47 bits per heavy atom. The number of halogens is 2. The Morgan fingerprint density at radius 2 is 2.16 bits per heavy atom. The number of benzene rings is 1. The van der Waals surface area contributed by atoms with E-state index in [0.29, 0.717) is 11.6 Å². The zero-order chi connectivity index (χ0) is 14.4. The molecule has 3 nitrogen and oxygen atoms in total. The minimum Gasteiger partial charge on any atom is -0.465 e. The maximum Gasteiger partial charge on any atom is 0.327 e. The predicted octanol–water partition coefficient (Wildman–Crippen LogP) is 4.09. The molecule has 2 unspecified atom stereocenters. The largest absolute Gasteiger partial charge is 0.465 e. The van der Waals surface area contributed by atoms with Crippen LogP contribution in [0.1, 0.15) is 38.8 Å². The molecule has 0 amide bonds. The van der Waals surface area contributed by atoms with Gasteiger partial charge >= 0.3 is 5.97 Å². The SMILES string of the molecule is CCOC(=O)C(NC(C)CC)c1cc(Cl)ccc1Br. The lowest BCUT2D eigenvalue weighted by atomic mass is 10.1. The second kappa shape index (κ2) is 7.88. The molecule has 0 saturated carbocycles. The van der Waals surface area contributed by atoms with Crippen LogP contribution in [0.25, 0.3) is 0 Å². The highest BCUT2D eigenvalue weighted by Crippen LogP contribution is 2.28. The van der Waals surface area contributed by atoms with Crippen molar-refractivity contribution in [3.8, 4) is 0 Å². The van der Waals surface area contributed by atoms with Gasteiger partial charge in [-0.1, -0.05) is 34.5 Å². The molecule has 0 aliphatic carbocycles. The number of carbonyl (C=O) groups is 1. The molecule has 0 aliphatic rings. The highest BCUT2D eigenvalue weighted by molar-refractivity contribution is 9.10. The van der Waals surface area contributed by atoms with E-state index < -0.39 is 6.04 Å². The summed E-state index contributed by atoms with van der Waals surface area (Å²) in [6.07, 6.45) is 0.925. The first kappa shape index (κ1) is 16.5. The molecule has 0 aliphatic heterocycles. The van der Waals surface area contributed by atoms with Crippen LogP contribution in [0.5, 0.6) is 0 Å². The molecule has 1 aromatic carbocycles. The van der Waals surface area contributed by atoms with Gasteiger partial charge in [-0.05, 0) is 44.0 Å². The lowest BCUT2D eigenvalue weighted by Gasteiger charge is -2.22. The summed E-state index contributed by atoms with van der Waals surface area (Å²) in [5.41, 5.74) is 0.797. The summed E-state index contributed by atoms with van der Waals surface area (Å²) in [5.74, 6) is -0.286. The highest BCUT2D eigenvalue weighted by Gasteiger charge is 2.25. The van der Waals surface area contributed by atoms with E-state index in [-0.39, 0.29) is 12.0 Å². The second-order valence-electron chi connectivity index (χ2n) is 4.33. The van der Waals surface area contributed by atoms with Crippen LogP contribution in [-0.2, 0) is 9.53 Å². The molecule has 0 fully saturated rings. The third kappa shape index (κ3) is 4.79. The number of esters is 1. The van der Waals surface area contributed by atoms with Crippen molar-refractivity contribution >= 4 is 33.5 Å².